The molecule has 0 fully saturated rings. The second-order valence-corrected chi connectivity index (χ2v) is 5.67. The van der Waals surface area contributed by atoms with Crippen molar-refractivity contribution in [1.82, 2.24) is 20.6 Å². The van der Waals surface area contributed by atoms with Gasteiger partial charge in [-0.2, -0.15) is 9.58 Å². The number of tetrazole rings is 1. The van der Waals surface area contributed by atoms with Gasteiger partial charge in [-0.1, -0.05) is 23.3 Å². The average Bonchev–Trinajstić information content (AvgIpc) is 2.83. The molecule has 2 aromatic rings. The SMILES string of the molecule is O=S(CCl)(=Nc1nn[nH]n1)c1ccccc1. The number of aromatic amines is 1. The van der Waals surface area contributed by atoms with Crippen LogP contribution in [0.2, 0.25) is 0 Å². The Kier molecular flexibility index (Phi) is 3.16. The lowest BCUT2D eigenvalue weighted by molar-refractivity contribution is 0.679. The van der Waals surface area contributed by atoms with E-state index in [4.69, 9.17) is 11.6 Å². The Labute approximate surface area is 97.2 Å². The van der Waals surface area contributed by atoms with Gasteiger partial charge in [0, 0.05) is 4.90 Å². The highest BCUT2D eigenvalue weighted by atomic mass is 35.5. The number of H-pyrrole nitrogens is 1. The highest BCUT2D eigenvalue weighted by Gasteiger charge is 2.12. The molecule has 8 heteroatoms. The molecule has 0 bridgehead atoms. The highest BCUT2D eigenvalue weighted by Crippen LogP contribution is 2.18. The van der Waals surface area contributed by atoms with Crippen molar-refractivity contribution in [2.24, 2.45) is 4.36 Å². The minimum absolute atomic E-state index is 0.0366. The molecular formula is C8H8ClN5OS. The number of alkyl halides is 1. The summed E-state index contributed by atoms with van der Waals surface area (Å²) in [6.07, 6.45) is 0. The van der Waals surface area contributed by atoms with E-state index in [0.29, 0.717) is 4.90 Å². The predicted octanol–water partition coefficient (Wildman–Crippen LogP) is 1.55. The fourth-order valence-corrected chi connectivity index (χ4v) is 2.83. The van der Waals surface area contributed by atoms with Gasteiger partial charge in [-0.3, -0.25) is 0 Å². The minimum Gasteiger partial charge on any atom is -0.243 e. The van der Waals surface area contributed by atoms with Crippen molar-refractivity contribution in [3.63, 3.8) is 0 Å². The lowest BCUT2D eigenvalue weighted by Crippen LogP contribution is -2.01. The van der Waals surface area contributed by atoms with Gasteiger partial charge in [-0.05, 0) is 17.3 Å². The first-order chi connectivity index (χ1) is 7.74. The van der Waals surface area contributed by atoms with E-state index in [1.165, 1.54) is 0 Å². The standard InChI is InChI=1S/C8H8ClN5OS/c9-6-16(15,7-4-2-1-3-5-7)12-8-10-13-14-11-8/h1-5H,6H2,(H,10,11,13,14). The molecule has 16 heavy (non-hydrogen) atoms. The Balaban J connectivity index is 2.53. The number of hydrogen-bond acceptors (Lipinski definition) is 5. The number of halogens is 1. The van der Waals surface area contributed by atoms with Gasteiger partial charge >= 0.3 is 0 Å². The lowest BCUT2D eigenvalue weighted by Gasteiger charge is -2.04. The van der Waals surface area contributed by atoms with Crippen LogP contribution in [0.1, 0.15) is 0 Å². The number of benzene rings is 1. The number of nitrogens with one attached hydrogen (secondary N) is 1. The summed E-state index contributed by atoms with van der Waals surface area (Å²) < 4.78 is 16.3. The number of nitrogens with zero attached hydrogens (tertiary/aromatic N) is 4. The predicted molar refractivity (Wildman–Crippen MR) is 59.8 cm³/mol. The Morgan fingerprint density at radius 3 is 2.69 bits per heavy atom. The summed E-state index contributed by atoms with van der Waals surface area (Å²) in [6, 6.07) is 8.77. The molecule has 0 amide bonds. The number of aromatic nitrogens is 4. The maximum absolute atomic E-state index is 12.4. The first-order valence-corrected chi connectivity index (χ1v) is 6.56. The lowest BCUT2D eigenvalue weighted by atomic mass is 10.4. The molecule has 1 atom stereocenters. The van der Waals surface area contributed by atoms with Crippen molar-refractivity contribution in [2.45, 2.75) is 4.90 Å². The summed E-state index contributed by atoms with van der Waals surface area (Å²) in [7, 11) is -2.72. The van der Waals surface area contributed by atoms with Crippen LogP contribution in [0.3, 0.4) is 0 Å². The van der Waals surface area contributed by atoms with Crippen molar-refractivity contribution >= 4 is 27.3 Å². The van der Waals surface area contributed by atoms with Crippen molar-refractivity contribution in [3.8, 4) is 0 Å². The van der Waals surface area contributed by atoms with E-state index in [-0.39, 0.29) is 11.2 Å². The third kappa shape index (κ3) is 2.20. The fourth-order valence-electron chi connectivity index (χ4n) is 1.10. The Morgan fingerprint density at radius 2 is 2.12 bits per heavy atom. The van der Waals surface area contributed by atoms with E-state index in [1.807, 2.05) is 6.07 Å². The molecule has 1 aromatic carbocycles. The fraction of sp³-hybridized carbons (Fsp3) is 0.125. The quantitative estimate of drug-likeness (QED) is 0.846. The van der Waals surface area contributed by atoms with Crippen molar-refractivity contribution in [2.75, 3.05) is 5.21 Å². The largest absolute Gasteiger partial charge is 0.297 e. The highest BCUT2D eigenvalue weighted by molar-refractivity contribution is 7.94. The summed E-state index contributed by atoms with van der Waals surface area (Å²) in [6.45, 7) is 0. The van der Waals surface area contributed by atoms with E-state index in [2.05, 4.69) is 25.0 Å². The molecule has 2 rings (SSSR count). The smallest absolute Gasteiger partial charge is 0.243 e. The molecule has 0 aliphatic carbocycles. The van der Waals surface area contributed by atoms with Gasteiger partial charge in [-0.15, -0.1) is 16.7 Å². The molecule has 0 saturated heterocycles. The molecule has 0 spiro atoms. The minimum atomic E-state index is -2.72. The third-order valence-corrected chi connectivity index (χ3v) is 4.47. The Morgan fingerprint density at radius 1 is 1.38 bits per heavy atom. The van der Waals surface area contributed by atoms with Gasteiger partial charge in [0.2, 0.25) is 0 Å². The van der Waals surface area contributed by atoms with Crippen LogP contribution < -0.4 is 0 Å². The van der Waals surface area contributed by atoms with Crippen LogP contribution in [0.5, 0.6) is 0 Å². The van der Waals surface area contributed by atoms with E-state index < -0.39 is 9.73 Å². The van der Waals surface area contributed by atoms with Gasteiger partial charge < -0.3 is 0 Å². The third-order valence-electron chi connectivity index (χ3n) is 1.82. The first-order valence-electron chi connectivity index (χ1n) is 4.34. The average molecular weight is 258 g/mol. The second-order valence-electron chi connectivity index (χ2n) is 2.87. The molecular weight excluding hydrogens is 250 g/mol. The van der Waals surface area contributed by atoms with Crippen LogP contribution in [0.4, 0.5) is 5.95 Å². The summed E-state index contributed by atoms with van der Waals surface area (Å²) in [5.74, 6) is 0.0366. The second kappa shape index (κ2) is 4.58. The normalized spacial score (nSPS) is 14.3. The van der Waals surface area contributed by atoms with E-state index in [1.54, 1.807) is 24.3 Å². The Hall–Kier alpha value is -1.47. The zero-order valence-corrected chi connectivity index (χ0v) is 9.65. The monoisotopic (exact) mass is 257 g/mol. The Bertz CT molecular complexity index is 561. The molecule has 1 aromatic heterocycles. The first kappa shape index (κ1) is 11.0. The van der Waals surface area contributed by atoms with Gasteiger partial charge in [-0.25, -0.2) is 4.21 Å². The maximum Gasteiger partial charge on any atom is 0.297 e. The van der Waals surface area contributed by atoms with Crippen molar-refractivity contribution in [3.05, 3.63) is 30.3 Å². The summed E-state index contributed by atoms with van der Waals surface area (Å²) in [5, 5.41) is 12.7. The van der Waals surface area contributed by atoms with E-state index >= 15 is 0 Å². The molecule has 6 nitrogen and oxygen atoms in total. The molecule has 1 heterocycles. The van der Waals surface area contributed by atoms with Crippen LogP contribution in [-0.2, 0) is 9.73 Å². The molecule has 84 valence electrons. The zero-order valence-electron chi connectivity index (χ0n) is 8.08. The van der Waals surface area contributed by atoms with Gasteiger partial charge in [0.1, 0.15) is 5.21 Å². The molecule has 1 unspecified atom stereocenters. The molecule has 0 saturated carbocycles. The van der Waals surface area contributed by atoms with Crippen LogP contribution in [0.25, 0.3) is 0 Å². The van der Waals surface area contributed by atoms with Crippen LogP contribution >= 0.6 is 11.6 Å². The number of hydrogen-bond donors (Lipinski definition) is 1. The van der Waals surface area contributed by atoms with E-state index in [9.17, 15) is 4.21 Å². The molecule has 0 aliphatic heterocycles. The molecule has 0 radical (unpaired) electrons. The van der Waals surface area contributed by atoms with Crippen molar-refractivity contribution in [1.29, 1.82) is 0 Å². The van der Waals surface area contributed by atoms with Crippen LogP contribution in [0.15, 0.2) is 39.6 Å². The van der Waals surface area contributed by atoms with Gasteiger partial charge in [0.15, 0.2) is 0 Å². The topological polar surface area (TPSA) is 83.9 Å². The number of rotatable bonds is 3. The van der Waals surface area contributed by atoms with Crippen molar-refractivity contribution < 1.29 is 4.21 Å². The van der Waals surface area contributed by atoms with Gasteiger partial charge in [0.25, 0.3) is 5.95 Å². The molecule has 0 aliphatic rings. The van der Waals surface area contributed by atoms with Crippen LogP contribution in [-0.4, -0.2) is 30.0 Å². The van der Waals surface area contributed by atoms with Crippen LogP contribution in [0, 0.1) is 0 Å². The summed E-state index contributed by atoms with van der Waals surface area (Å²) >= 11 is 5.70. The molecule has 1 N–H and O–H groups in total. The summed E-state index contributed by atoms with van der Waals surface area (Å²) in [4.78, 5) is 0.551. The van der Waals surface area contributed by atoms with Gasteiger partial charge in [0.05, 0.1) is 9.73 Å². The maximum atomic E-state index is 12.4. The zero-order chi connectivity index (χ0) is 11.4. The summed E-state index contributed by atoms with van der Waals surface area (Å²) in [5.41, 5.74) is 0. The van der Waals surface area contributed by atoms with E-state index in [0.717, 1.165) is 0 Å².